The normalized spacial score (nSPS) is 17.4. The lowest BCUT2D eigenvalue weighted by Gasteiger charge is -2.09. The molecule has 1 aliphatic carbocycles. The van der Waals surface area contributed by atoms with Crippen LogP contribution in [0.5, 0.6) is 0 Å². The van der Waals surface area contributed by atoms with Gasteiger partial charge >= 0.3 is 5.97 Å². The van der Waals surface area contributed by atoms with Crippen LogP contribution in [0.1, 0.15) is 24.8 Å². The molecule has 0 spiro atoms. The maximum Gasteiger partial charge on any atom is 0.309 e. The van der Waals surface area contributed by atoms with Crippen molar-refractivity contribution in [1.82, 2.24) is 0 Å². The van der Waals surface area contributed by atoms with Crippen LogP contribution in [0.3, 0.4) is 0 Å². The summed E-state index contributed by atoms with van der Waals surface area (Å²) >= 11 is 0. The van der Waals surface area contributed by atoms with E-state index in [0.717, 1.165) is 12.8 Å². The largest absolute Gasteiger partial charge is 0.481 e. The molecule has 15 heavy (non-hydrogen) atoms. The van der Waals surface area contributed by atoms with Gasteiger partial charge < -0.3 is 5.11 Å². The molecule has 0 radical (unpaired) electrons. The van der Waals surface area contributed by atoms with Gasteiger partial charge in [-0.3, -0.25) is 4.79 Å². The Morgan fingerprint density at radius 3 is 2.60 bits per heavy atom. The van der Waals surface area contributed by atoms with Gasteiger partial charge in [0.05, 0.1) is 5.41 Å². The number of carbonyl (C=O) groups is 1. The van der Waals surface area contributed by atoms with E-state index < -0.39 is 11.4 Å². The van der Waals surface area contributed by atoms with Crippen LogP contribution in [-0.4, -0.2) is 11.1 Å². The van der Waals surface area contributed by atoms with Crippen LogP contribution in [-0.2, 0) is 11.2 Å². The smallest absolute Gasteiger partial charge is 0.309 e. The van der Waals surface area contributed by atoms with Crippen LogP contribution in [0, 0.1) is 11.2 Å². The Balaban J connectivity index is 2.00. The number of rotatable bonds is 4. The molecule has 2 nitrogen and oxygen atoms in total. The van der Waals surface area contributed by atoms with Crippen molar-refractivity contribution in [3.05, 3.63) is 35.6 Å². The van der Waals surface area contributed by atoms with E-state index in [1.54, 1.807) is 18.2 Å². The minimum Gasteiger partial charge on any atom is -0.481 e. The second-order valence-corrected chi connectivity index (χ2v) is 4.18. The van der Waals surface area contributed by atoms with E-state index in [1.807, 2.05) is 0 Å². The molecule has 1 fully saturated rings. The van der Waals surface area contributed by atoms with E-state index in [4.69, 9.17) is 5.11 Å². The van der Waals surface area contributed by atoms with Gasteiger partial charge in [0.25, 0.3) is 0 Å². The second kappa shape index (κ2) is 3.65. The molecule has 1 aliphatic rings. The minimum absolute atomic E-state index is 0.237. The lowest BCUT2D eigenvalue weighted by atomic mass is 9.97. The fourth-order valence-corrected chi connectivity index (χ4v) is 1.80. The third-order valence-electron chi connectivity index (χ3n) is 3.14. The molecule has 0 saturated heterocycles. The fourth-order valence-electron chi connectivity index (χ4n) is 1.80. The van der Waals surface area contributed by atoms with Crippen LogP contribution in [0.15, 0.2) is 24.3 Å². The maximum absolute atomic E-state index is 13.2. The molecule has 2 rings (SSSR count). The summed E-state index contributed by atoms with van der Waals surface area (Å²) in [5.74, 6) is -0.975. The molecule has 1 aromatic carbocycles. The zero-order chi connectivity index (χ0) is 10.9. The average Bonchev–Trinajstić information content (AvgIpc) is 2.98. The number of hydrogen-bond donors (Lipinski definition) is 1. The molecule has 80 valence electrons. The lowest BCUT2D eigenvalue weighted by Crippen LogP contribution is -2.15. The fraction of sp³-hybridized carbons (Fsp3) is 0.417. The molecule has 0 aliphatic heterocycles. The Bertz CT molecular complexity index is 383. The predicted octanol–water partition coefficient (Wildman–Crippen LogP) is 2.62. The van der Waals surface area contributed by atoms with Gasteiger partial charge in [0.15, 0.2) is 0 Å². The van der Waals surface area contributed by atoms with Crippen molar-refractivity contribution in [2.45, 2.75) is 25.7 Å². The van der Waals surface area contributed by atoms with Gasteiger partial charge in [0.1, 0.15) is 5.82 Å². The molecule has 1 N–H and O–H groups in total. The molecular weight excluding hydrogens is 195 g/mol. The summed E-state index contributed by atoms with van der Waals surface area (Å²) in [4.78, 5) is 10.9. The van der Waals surface area contributed by atoms with Crippen molar-refractivity contribution in [3.63, 3.8) is 0 Å². The van der Waals surface area contributed by atoms with Gasteiger partial charge in [0.2, 0.25) is 0 Å². The monoisotopic (exact) mass is 208 g/mol. The number of carboxylic acid groups (broad SMARTS) is 1. The molecule has 0 amide bonds. The lowest BCUT2D eigenvalue weighted by molar-refractivity contribution is -0.143. The second-order valence-electron chi connectivity index (χ2n) is 4.18. The Kier molecular flexibility index (Phi) is 2.47. The van der Waals surface area contributed by atoms with Gasteiger partial charge in [0, 0.05) is 0 Å². The number of carboxylic acids is 1. The van der Waals surface area contributed by atoms with Crippen LogP contribution in [0.25, 0.3) is 0 Å². The molecule has 0 bridgehead atoms. The summed E-state index contributed by atoms with van der Waals surface area (Å²) in [5, 5.41) is 8.96. The van der Waals surface area contributed by atoms with Crippen molar-refractivity contribution in [1.29, 1.82) is 0 Å². The van der Waals surface area contributed by atoms with Gasteiger partial charge in [-0.05, 0) is 37.3 Å². The maximum atomic E-state index is 13.2. The Morgan fingerprint density at radius 1 is 1.40 bits per heavy atom. The number of aryl methyl sites for hydroxylation is 1. The molecule has 0 atom stereocenters. The van der Waals surface area contributed by atoms with Crippen molar-refractivity contribution < 1.29 is 14.3 Å². The SMILES string of the molecule is O=C(O)C1(CCc2ccccc2F)CC1. The molecule has 0 unspecified atom stereocenters. The highest BCUT2D eigenvalue weighted by Crippen LogP contribution is 2.49. The first-order valence-corrected chi connectivity index (χ1v) is 5.11. The summed E-state index contributed by atoms with van der Waals surface area (Å²) in [6, 6.07) is 6.55. The zero-order valence-electron chi connectivity index (χ0n) is 8.37. The van der Waals surface area contributed by atoms with Crippen LogP contribution in [0.4, 0.5) is 4.39 Å². The van der Waals surface area contributed by atoms with Crippen molar-refractivity contribution in [2.24, 2.45) is 5.41 Å². The van der Waals surface area contributed by atoms with Gasteiger partial charge in [-0.25, -0.2) is 4.39 Å². The first-order chi connectivity index (χ1) is 7.14. The van der Waals surface area contributed by atoms with E-state index in [0.29, 0.717) is 18.4 Å². The highest BCUT2D eigenvalue weighted by Gasteiger charge is 2.49. The summed E-state index contributed by atoms with van der Waals surface area (Å²) in [6.07, 6.45) is 2.52. The van der Waals surface area contributed by atoms with Crippen molar-refractivity contribution in [3.8, 4) is 0 Å². The first kappa shape index (κ1) is 10.1. The van der Waals surface area contributed by atoms with Crippen molar-refractivity contribution >= 4 is 5.97 Å². The summed E-state index contributed by atoms with van der Waals surface area (Å²) in [5.41, 5.74) is 0.0625. The molecular formula is C12H13FO2. The summed E-state index contributed by atoms with van der Waals surface area (Å²) < 4.78 is 13.2. The highest BCUT2D eigenvalue weighted by atomic mass is 19.1. The highest BCUT2D eigenvalue weighted by molar-refractivity contribution is 5.77. The van der Waals surface area contributed by atoms with E-state index in [2.05, 4.69) is 0 Å². The Morgan fingerprint density at radius 2 is 2.07 bits per heavy atom. The van der Waals surface area contributed by atoms with E-state index >= 15 is 0 Å². The van der Waals surface area contributed by atoms with Gasteiger partial charge in [-0.2, -0.15) is 0 Å². The molecule has 0 heterocycles. The first-order valence-electron chi connectivity index (χ1n) is 5.11. The van der Waals surface area contributed by atoms with E-state index in [1.165, 1.54) is 6.07 Å². The van der Waals surface area contributed by atoms with Crippen LogP contribution in [0.2, 0.25) is 0 Å². The predicted molar refractivity (Wildman–Crippen MR) is 54.0 cm³/mol. The third-order valence-corrected chi connectivity index (χ3v) is 3.14. The quantitative estimate of drug-likeness (QED) is 0.825. The number of hydrogen-bond acceptors (Lipinski definition) is 1. The van der Waals surface area contributed by atoms with Gasteiger partial charge in [-0.1, -0.05) is 18.2 Å². The van der Waals surface area contributed by atoms with Gasteiger partial charge in [-0.15, -0.1) is 0 Å². The van der Waals surface area contributed by atoms with Crippen molar-refractivity contribution in [2.75, 3.05) is 0 Å². The third kappa shape index (κ3) is 2.01. The number of benzene rings is 1. The Hall–Kier alpha value is -1.38. The summed E-state index contributed by atoms with van der Waals surface area (Å²) in [6.45, 7) is 0. The van der Waals surface area contributed by atoms with E-state index in [-0.39, 0.29) is 5.82 Å². The zero-order valence-corrected chi connectivity index (χ0v) is 8.37. The molecule has 0 aromatic heterocycles. The average molecular weight is 208 g/mol. The Labute approximate surface area is 87.7 Å². The molecule has 3 heteroatoms. The molecule has 1 aromatic rings. The topological polar surface area (TPSA) is 37.3 Å². The van der Waals surface area contributed by atoms with Crippen LogP contribution < -0.4 is 0 Å². The number of halogens is 1. The summed E-state index contributed by atoms with van der Waals surface area (Å²) in [7, 11) is 0. The minimum atomic E-state index is -0.737. The van der Waals surface area contributed by atoms with E-state index in [9.17, 15) is 9.18 Å². The molecule has 1 saturated carbocycles. The van der Waals surface area contributed by atoms with Crippen LogP contribution >= 0.6 is 0 Å². The number of aliphatic carboxylic acids is 1. The standard InChI is InChI=1S/C12H13FO2/c13-10-4-2-1-3-9(10)5-6-12(7-8-12)11(14)15/h1-4H,5-8H2,(H,14,15).